The molecule has 27 heavy (non-hydrogen) atoms. The Morgan fingerprint density at radius 3 is 2.59 bits per heavy atom. The van der Waals surface area contributed by atoms with Crippen LogP contribution in [-0.2, 0) is 6.54 Å². The summed E-state index contributed by atoms with van der Waals surface area (Å²) in [5.74, 6) is 2.05. The van der Waals surface area contributed by atoms with Gasteiger partial charge in [0.05, 0.1) is 5.56 Å². The second kappa shape index (κ2) is 7.67. The van der Waals surface area contributed by atoms with E-state index in [9.17, 15) is 9.59 Å². The van der Waals surface area contributed by atoms with Crippen molar-refractivity contribution < 1.29 is 9.59 Å². The molecule has 1 unspecified atom stereocenters. The first kappa shape index (κ1) is 18.0. The van der Waals surface area contributed by atoms with Crippen molar-refractivity contribution in [2.24, 2.45) is 5.92 Å². The summed E-state index contributed by atoms with van der Waals surface area (Å²) in [6.45, 7) is 3.98. The third-order valence-electron chi connectivity index (χ3n) is 6.04. The largest absolute Gasteiger partial charge is 0.338 e. The highest BCUT2D eigenvalue weighted by atomic mass is 16.2. The molecule has 1 amide bonds. The number of benzene rings is 1. The lowest BCUT2D eigenvalue weighted by Crippen LogP contribution is -2.40. The highest BCUT2D eigenvalue weighted by Crippen LogP contribution is 2.31. The van der Waals surface area contributed by atoms with Crippen molar-refractivity contribution in [3.63, 3.8) is 0 Å². The number of rotatable bonds is 5. The third-order valence-corrected chi connectivity index (χ3v) is 6.04. The predicted octanol–water partition coefficient (Wildman–Crippen LogP) is 3.91. The van der Waals surface area contributed by atoms with E-state index < -0.39 is 0 Å². The molecular formula is C22H27N3O2. The minimum atomic E-state index is -0.0662. The summed E-state index contributed by atoms with van der Waals surface area (Å²) < 4.78 is 2.30. The second-order valence-corrected chi connectivity index (χ2v) is 7.93. The van der Waals surface area contributed by atoms with Gasteiger partial charge in [-0.25, -0.2) is 4.98 Å². The molecule has 5 heteroatoms. The van der Waals surface area contributed by atoms with Crippen molar-refractivity contribution >= 4 is 11.7 Å². The van der Waals surface area contributed by atoms with E-state index in [0.717, 1.165) is 37.7 Å². The zero-order valence-electron chi connectivity index (χ0n) is 15.9. The van der Waals surface area contributed by atoms with Crippen LogP contribution in [0.1, 0.15) is 71.5 Å². The molecule has 0 spiro atoms. The van der Waals surface area contributed by atoms with E-state index in [1.165, 1.54) is 26.2 Å². The number of carbonyl (C=O) groups is 2. The summed E-state index contributed by atoms with van der Waals surface area (Å²) >= 11 is 0. The molecule has 2 fully saturated rings. The van der Waals surface area contributed by atoms with Crippen LogP contribution >= 0.6 is 0 Å². The molecule has 5 nitrogen and oxygen atoms in total. The lowest BCUT2D eigenvalue weighted by molar-refractivity contribution is 0.0698. The zero-order valence-corrected chi connectivity index (χ0v) is 15.9. The summed E-state index contributed by atoms with van der Waals surface area (Å²) in [5, 5.41) is 0. The van der Waals surface area contributed by atoms with Crippen molar-refractivity contribution in [1.29, 1.82) is 0 Å². The molecule has 0 N–H and O–H groups in total. The van der Waals surface area contributed by atoms with Crippen LogP contribution in [0.15, 0.2) is 36.7 Å². The maximum absolute atomic E-state index is 13.1. The maximum Gasteiger partial charge on any atom is 0.254 e. The van der Waals surface area contributed by atoms with E-state index in [-0.39, 0.29) is 17.6 Å². The molecule has 0 bridgehead atoms. The molecule has 1 aliphatic heterocycles. The highest BCUT2D eigenvalue weighted by Gasteiger charge is 2.30. The van der Waals surface area contributed by atoms with Crippen LogP contribution in [0.3, 0.4) is 0 Å². The zero-order chi connectivity index (χ0) is 18.8. The van der Waals surface area contributed by atoms with Gasteiger partial charge in [-0.15, -0.1) is 0 Å². The average molecular weight is 365 g/mol. The number of Topliss-reactive ketones (excluding diaryl/α,β-unsaturated/α-hetero) is 1. The van der Waals surface area contributed by atoms with Crippen LogP contribution < -0.4 is 0 Å². The number of hydrogen-bond donors (Lipinski definition) is 0. The van der Waals surface area contributed by atoms with Crippen molar-refractivity contribution in [2.75, 3.05) is 13.1 Å². The number of piperidine rings is 1. The van der Waals surface area contributed by atoms with E-state index in [1.54, 1.807) is 12.1 Å². The number of carbonyl (C=O) groups excluding carboxylic acids is 2. The topological polar surface area (TPSA) is 55.2 Å². The molecule has 1 aromatic heterocycles. The first-order valence-corrected chi connectivity index (χ1v) is 10.0. The smallest absolute Gasteiger partial charge is 0.254 e. The summed E-state index contributed by atoms with van der Waals surface area (Å²) in [7, 11) is 0. The molecule has 4 rings (SSSR count). The lowest BCUT2D eigenvalue weighted by Gasteiger charge is -2.34. The standard InChI is InChI=1S/C22H27N3O2/c1-16(26)19-9-2-3-10-20(19)22(27)25-12-5-8-18(15-25)21-23-11-13-24(21)14-17-6-4-7-17/h2-3,9-11,13,17-18H,4-8,12,14-15H2,1H3. The Bertz CT molecular complexity index is 838. The SMILES string of the molecule is CC(=O)c1ccccc1C(=O)N1CCCC(c2nccn2CC2CCC2)C1. The van der Waals surface area contributed by atoms with Gasteiger partial charge < -0.3 is 9.47 Å². The van der Waals surface area contributed by atoms with Gasteiger partial charge in [0.2, 0.25) is 0 Å². The number of nitrogens with zero attached hydrogens (tertiary/aromatic N) is 3. The number of hydrogen-bond acceptors (Lipinski definition) is 3. The number of ketones is 1. The highest BCUT2D eigenvalue weighted by molar-refractivity contribution is 6.07. The molecule has 2 heterocycles. The number of aromatic nitrogens is 2. The first-order valence-electron chi connectivity index (χ1n) is 10.0. The number of imidazole rings is 1. The second-order valence-electron chi connectivity index (χ2n) is 7.93. The summed E-state index contributed by atoms with van der Waals surface area (Å²) in [5.41, 5.74) is 1.03. The van der Waals surface area contributed by atoms with E-state index in [2.05, 4.69) is 15.7 Å². The number of likely N-dealkylation sites (tertiary alicyclic amines) is 1. The predicted molar refractivity (Wildman–Crippen MR) is 104 cm³/mol. The number of amides is 1. The minimum absolute atomic E-state index is 0.0393. The quantitative estimate of drug-likeness (QED) is 0.755. The average Bonchev–Trinajstić information content (AvgIpc) is 3.12. The van der Waals surface area contributed by atoms with Crippen LogP contribution in [0, 0.1) is 5.92 Å². The molecule has 1 aliphatic carbocycles. The Balaban J connectivity index is 1.51. The van der Waals surface area contributed by atoms with Crippen LogP contribution in [0.25, 0.3) is 0 Å². The van der Waals surface area contributed by atoms with Gasteiger partial charge in [-0.1, -0.05) is 24.6 Å². The summed E-state index contributed by atoms with van der Waals surface area (Å²) in [6, 6.07) is 7.14. The van der Waals surface area contributed by atoms with E-state index >= 15 is 0 Å². The molecule has 2 aliphatic rings. The molecule has 142 valence electrons. The summed E-state index contributed by atoms with van der Waals surface area (Å²) in [4.78, 5) is 31.5. The van der Waals surface area contributed by atoms with E-state index in [0.29, 0.717) is 17.7 Å². The fourth-order valence-electron chi connectivity index (χ4n) is 4.31. The Morgan fingerprint density at radius 2 is 1.89 bits per heavy atom. The van der Waals surface area contributed by atoms with Crippen LogP contribution in [-0.4, -0.2) is 39.2 Å². The first-order chi connectivity index (χ1) is 13.1. The van der Waals surface area contributed by atoms with Crippen molar-refractivity contribution in [3.05, 3.63) is 53.6 Å². The van der Waals surface area contributed by atoms with Gasteiger partial charge in [0.15, 0.2) is 5.78 Å². The maximum atomic E-state index is 13.1. The van der Waals surface area contributed by atoms with Gasteiger partial charge in [0.25, 0.3) is 5.91 Å². The van der Waals surface area contributed by atoms with Crippen LogP contribution in [0.4, 0.5) is 0 Å². The Labute approximate surface area is 160 Å². The minimum Gasteiger partial charge on any atom is -0.338 e. The normalized spacial score (nSPS) is 20.3. The van der Waals surface area contributed by atoms with Gasteiger partial charge in [-0.05, 0) is 44.6 Å². The fraction of sp³-hybridized carbons (Fsp3) is 0.500. The van der Waals surface area contributed by atoms with E-state index in [4.69, 9.17) is 0 Å². The molecule has 1 aromatic carbocycles. The van der Waals surface area contributed by atoms with E-state index in [1.807, 2.05) is 23.2 Å². The van der Waals surface area contributed by atoms with Gasteiger partial charge >= 0.3 is 0 Å². The molecular weight excluding hydrogens is 338 g/mol. The Hall–Kier alpha value is -2.43. The van der Waals surface area contributed by atoms with Crippen LogP contribution in [0.2, 0.25) is 0 Å². The van der Waals surface area contributed by atoms with Gasteiger partial charge in [0.1, 0.15) is 5.82 Å². The van der Waals surface area contributed by atoms with Crippen molar-refractivity contribution in [1.82, 2.24) is 14.5 Å². The molecule has 1 saturated heterocycles. The molecule has 2 aromatic rings. The molecule has 0 radical (unpaired) electrons. The molecule has 1 saturated carbocycles. The van der Waals surface area contributed by atoms with Gasteiger partial charge in [0, 0.05) is 43.5 Å². The Morgan fingerprint density at radius 1 is 1.11 bits per heavy atom. The monoisotopic (exact) mass is 365 g/mol. The third kappa shape index (κ3) is 3.68. The van der Waals surface area contributed by atoms with Gasteiger partial charge in [-0.3, -0.25) is 9.59 Å². The van der Waals surface area contributed by atoms with Gasteiger partial charge in [-0.2, -0.15) is 0 Å². The lowest BCUT2D eigenvalue weighted by atomic mass is 9.85. The Kier molecular flexibility index (Phi) is 5.10. The van der Waals surface area contributed by atoms with Crippen molar-refractivity contribution in [3.8, 4) is 0 Å². The molecule has 1 atom stereocenters. The fourth-order valence-corrected chi connectivity index (χ4v) is 4.31. The summed E-state index contributed by atoms with van der Waals surface area (Å²) in [6.07, 6.45) is 9.97. The van der Waals surface area contributed by atoms with Crippen LogP contribution in [0.5, 0.6) is 0 Å². The van der Waals surface area contributed by atoms with Crippen molar-refractivity contribution in [2.45, 2.75) is 51.5 Å².